The SMILES string of the molecule is CCCN(CC(F)(F)F)c1c(C)cccc1CN. The molecule has 102 valence electrons. The van der Waals surface area contributed by atoms with Crippen molar-refractivity contribution < 1.29 is 13.2 Å². The first kappa shape index (κ1) is 14.8. The predicted octanol–water partition coefficient (Wildman–Crippen LogP) is 3.23. The standard InChI is InChI=1S/C13H19F3N2/c1-3-7-18(9-13(14,15)16)12-10(2)5-4-6-11(12)8-17/h4-6H,3,7-9,17H2,1-2H3. The van der Waals surface area contributed by atoms with Crippen LogP contribution in [0.4, 0.5) is 18.9 Å². The summed E-state index contributed by atoms with van der Waals surface area (Å²) in [5.74, 6) is 0. The van der Waals surface area contributed by atoms with E-state index >= 15 is 0 Å². The molecule has 2 nitrogen and oxygen atoms in total. The van der Waals surface area contributed by atoms with Crippen molar-refractivity contribution in [3.05, 3.63) is 29.3 Å². The fourth-order valence-electron chi connectivity index (χ4n) is 2.09. The summed E-state index contributed by atoms with van der Waals surface area (Å²) in [6.45, 7) is 3.36. The van der Waals surface area contributed by atoms with Gasteiger partial charge in [0.2, 0.25) is 0 Å². The number of nitrogens with two attached hydrogens (primary N) is 1. The van der Waals surface area contributed by atoms with Crippen molar-refractivity contribution >= 4 is 5.69 Å². The van der Waals surface area contributed by atoms with Crippen molar-refractivity contribution in [1.82, 2.24) is 0 Å². The normalized spacial score (nSPS) is 11.7. The fourth-order valence-corrected chi connectivity index (χ4v) is 2.09. The summed E-state index contributed by atoms with van der Waals surface area (Å²) in [5, 5.41) is 0. The van der Waals surface area contributed by atoms with Crippen molar-refractivity contribution in [2.75, 3.05) is 18.0 Å². The van der Waals surface area contributed by atoms with Crippen molar-refractivity contribution in [1.29, 1.82) is 0 Å². The van der Waals surface area contributed by atoms with Crippen LogP contribution in [0, 0.1) is 6.92 Å². The molecule has 2 N–H and O–H groups in total. The van der Waals surface area contributed by atoms with E-state index in [0.717, 1.165) is 11.1 Å². The summed E-state index contributed by atoms with van der Waals surface area (Å²) >= 11 is 0. The number of nitrogens with zero attached hydrogens (tertiary/aromatic N) is 1. The molecular weight excluding hydrogens is 241 g/mol. The number of alkyl halides is 3. The van der Waals surface area contributed by atoms with Gasteiger partial charge in [-0.25, -0.2) is 0 Å². The van der Waals surface area contributed by atoms with Crippen LogP contribution in [0.2, 0.25) is 0 Å². The number of benzene rings is 1. The fraction of sp³-hybridized carbons (Fsp3) is 0.538. The van der Waals surface area contributed by atoms with Crippen LogP contribution in [-0.4, -0.2) is 19.3 Å². The molecule has 0 spiro atoms. The van der Waals surface area contributed by atoms with Crippen molar-refractivity contribution in [2.45, 2.75) is 33.0 Å². The highest BCUT2D eigenvalue weighted by molar-refractivity contribution is 5.59. The molecule has 5 heteroatoms. The van der Waals surface area contributed by atoms with Crippen LogP contribution in [0.5, 0.6) is 0 Å². The minimum atomic E-state index is -4.21. The lowest BCUT2D eigenvalue weighted by Gasteiger charge is -2.29. The van der Waals surface area contributed by atoms with Crippen LogP contribution < -0.4 is 10.6 Å². The summed E-state index contributed by atoms with van der Waals surface area (Å²) in [5.41, 5.74) is 7.82. The highest BCUT2D eigenvalue weighted by Gasteiger charge is 2.31. The molecular formula is C13H19F3N2. The lowest BCUT2D eigenvalue weighted by Crippen LogP contribution is -2.36. The van der Waals surface area contributed by atoms with Crippen molar-refractivity contribution in [2.24, 2.45) is 5.73 Å². The van der Waals surface area contributed by atoms with Gasteiger partial charge in [-0.15, -0.1) is 0 Å². The second-order valence-corrected chi connectivity index (χ2v) is 4.32. The molecule has 0 saturated heterocycles. The van der Waals surface area contributed by atoms with Crippen LogP contribution in [-0.2, 0) is 6.54 Å². The van der Waals surface area contributed by atoms with E-state index in [2.05, 4.69) is 0 Å². The summed E-state index contributed by atoms with van der Waals surface area (Å²) in [4.78, 5) is 1.37. The average Bonchev–Trinajstić information content (AvgIpc) is 2.26. The Morgan fingerprint density at radius 1 is 1.28 bits per heavy atom. The third kappa shape index (κ3) is 3.91. The molecule has 0 aliphatic rings. The van der Waals surface area contributed by atoms with E-state index in [0.29, 0.717) is 18.7 Å². The Labute approximate surface area is 106 Å². The molecule has 1 aromatic rings. The maximum atomic E-state index is 12.6. The third-order valence-electron chi connectivity index (χ3n) is 2.72. The smallest absolute Gasteiger partial charge is 0.362 e. The maximum Gasteiger partial charge on any atom is 0.405 e. The topological polar surface area (TPSA) is 29.3 Å². The summed E-state index contributed by atoms with van der Waals surface area (Å²) < 4.78 is 37.8. The van der Waals surface area contributed by atoms with Crippen molar-refractivity contribution in [3.63, 3.8) is 0 Å². The molecule has 1 aromatic carbocycles. The van der Waals surface area contributed by atoms with E-state index in [1.807, 2.05) is 26.0 Å². The highest BCUT2D eigenvalue weighted by Crippen LogP contribution is 2.28. The maximum absolute atomic E-state index is 12.6. The predicted molar refractivity (Wildman–Crippen MR) is 67.6 cm³/mol. The molecule has 0 bridgehead atoms. The number of anilines is 1. The van der Waals surface area contributed by atoms with Gasteiger partial charge in [-0.2, -0.15) is 13.2 Å². The van der Waals surface area contributed by atoms with Gasteiger partial charge in [-0.05, 0) is 24.5 Å². The van der Waals surface area contributed by atoms with Crippen LogP contribution in [0.15, 0.2) is 18.2 Å². The van der Waals surface area contributed by atoms with E-state index in [4.69, 9.17) is 5.73 Å². The molecule has 0 heterocycles. The van der Waals surface area contributed by atoms with Crippen LogP contribution in [0.1, 0.15) is 24.5 Å². The van der Waals surface area contributed by atoms with Gasteiger partial charge < -0.3 is 10.6 Å². The first-order valence-corrected chi connectivity index (χ1v) is 5.99. The molecule has 0 aliphatic heterocycles. The Kier molecular flexibility index (Phi) is 5.02. The van der Waals surface area contributed by atoms with E-state index in [1.54, 1.807) is 6.07 Å². The van der Waals surface area contributed by atoms with Crippen LogP contribution in [0.3, 0.4) is 0 Å². The molecule has 0 fully saturated rings. The molecule has 0 amide bonds. The molecule has 18 heavy (non-hydrogen) atoms. The van der Waals surface area contributed by atoms with E-state index in [1.165, 1.54) is 4.90 Å². The Morgan fingerprint density at radius 2 is 1.94 bits per heavy atom. The molecule has 0 saturated carbocycles. The van der Waals surface area contributed by atoms with Crippen LogP contribution >= 0.6 is 0 Å². The number of aryl methyl sites for hydroxylation is 1. The van der Waals surface area contributed by atoms with Gasteiger partial charge in [0.1, 0.15) is 6.54 Å². The number of hydrogen-bond acceptors (Lipinski definition) is 2. The Balaban J connectivity index is 3.12. The zero-order valence-corrected chi connectivity index (χ0v) is 10.7. The number of hydrogen-bond donors (Lipinski definition) is 1. The first-order chi connectivity index (χ1) is 8.39. The van der Waals surface area contributed by atoms with Gasteiger partial charge >= 0.3 is 6.18 Å². The quantitative estimate of drug-likeness (QED) is 0.880. The summed E-state index contributed by atoms with van der Waals surface area (Å²) in [6, 6.07) is 5.41. The molecule has 0 radical (unpaired) electrons. The second-order valence-electron chi connectivity index (χ2n) is 4.32. The minimum absolute atomic E-state index is 0.245. The van der Waals surface area contributed by atoms with Crippen LogP contribution in [0.25, 0.3) is 0 Å². The van der Waals surface area contributed by atoms with E-state index in [-0.39, 0.29) is 6.54 Å². The monoisotopic (exact) mass is 260 g/mol. The zero-order chi connectivity index (χ0) is 13.8. The average molecular weight is 260 g/mol. The van der Waals surface area contributed by atoms with Gasteiger partial charge in [0, 0.05) is 18.8 Å². The van der Waals surface area contributed by atoms with Gasteiger partial charge in [0.15, 0.2) is 0 Å². The molecule has 0 aliphatic carbocycles. The lowest BCUT2D eigenvalue weighted by atomic mass is 10.1. The van der Waals surface area contributed by atoms with Gasteiger partial charge in [-0.3, -0.25) is 0 Å². The van der Waals surface area contributed by atoms with Gasteiger partial charge in [-0.1, -0.05) is 25.1 Å². The molecule has 0 unspecified atom stereocenters. The third-order valence-corrected chi connectivity index (χ3v) is 2.72. The minimum Gasteiger partial charge on any atom is -0.362 e. The second kappa shape index (κ2) is 6.09. The Morgan fingerprint density at radius 3 is 2.44 bits per heavy atom. The molecule has 0 atom stereocenters. The number of para-hydroxylation sites is 1. The number of halogens is 3. The largest absolute Gasteiger partial charge is 0.405 e. The molecule has 1 rings (SSSR count). The van der Waals surface area contributed by atoms with Crippen molar-refractivity contribution in [3.8, 4) is 0 Å². The lowest BCUT2D eigenvalue weighted by molar-refractivity contribution is -0.119. The van der Waals surface area contributed by atoms with Gasteiger partial charge in [0.25, 0.3) is 0 Å². The van der Waals surface area contributed by atoms with E-state index in [9.17, 15) is 13.2 Å². The first-order valence-electron chi connectivity index (χ1n) is 5.99. The zero-order valence-electron chi connectivity index (χ0n) is 10.7. The number of rotatable bonds is 5. The highest BCUT2D eigenvalue weighted by atomic mass is 19.4. The molecule has 0 aromatic heterocycles. The van der Waals surface area contributed by atoms with E-state index < -0.39 is 12.7 Å². The Bertz CT molecular complexity index is 388. The summed E-state index contributed by atoms with van der Waals surface area (Å²) in [6.07, 6.45) is -3.54. The summed E-state index contributed by atoms with van der Waals surface area (Å²) in [7, 11) is 0. The Hall–Kier alpha value is -1.23. The van der Waals surface area contributed by atoms with Gasteiger partial charge in [0.05, 0.1) is 0 Å².